The standard InChI is InChI=1S/C31H53N3O2/c1-5-6-7-8-9-10-11-12-13-14-15-19-24-32-30(35)28-23-20-25-33(28)31(36)29(34(2,3)4)26-27-21-17-16-18-22-27/h16-18,21-22,28-29H,5-15,19-20,23-26H2,1-4H3/p+1/t28-,29-/m0/s1. The summed E-state index contributed by atoms with van der Waals surface area (Å²) in [5, 5.41) is 3.13. The van der Waals surface area contributed by atoms with Gasteiger partial charge in [-0.1, -0.05) is 108 Å². The molecule has 0 bridgehead atoms. The third-order valence-corrected chi connectivity index (χ3v) is 7.66. The lowest BCUT2D eigenvalue weighted by atomic mass is 10.0. The monoisotopic (exact) mass is 500 g/mol. The molecule has 1 aliphatic rings. The summed E-state index contributed by atoms with van der Waals surface area (Å²) in [6.45, 7) is 3.67. The minimum Gasteiger partial charge on any atom is -0.354 e. The Hall–Kier alpha value is -1.88. The molecule has 1 aliphatic heterocycles. The van der Waals surface area contributed by atoms with Gasteiger partial charge in [-0.2, -0.15) is 0 Å². The van der Waals surface area contributed by atoms with Crippen molar-refractivity contribution in [2.75, 3.05) is 34.2 Å². The van der Waals surface area contributed by atoms with E-state index in [1.807, 2.05) is 23.1 Å². The van der Waals surface area contributed by atoms with Crippen LogP contribution in [0.4, 0.5) is 0 Å². The topological polar surface area (TPSA) is 49.4 Å². The first-order valence-corrected chi connectivity index (χ1v) is 14.8. The Morgan fingerprint density at radius 2 is 1.44 bits per heavy atom. The number of unbranched alkanes of at least 4 members (excludes halogenated alkanes) is 11. The molecule has 1 aromatic carbocycles. The number of likely N-dealkylation sites (tertiary alicyclic amines) is 1. The van der Waals surface area contributed by atoms with Gasteiger partial charge in [-0.3, -0.25) is 9.59 Å². The highest BCUT2D eigenvalue weighted by atomic mass is 16.2. The van der Waals surface area contributed by atoms with Crippen LogP contribution in [0.5, 0.6) is 0 Å². The Balaban J connectivity index is 1.68. The van der Waals surface area contributed by atoms with Crippen molar-refractivity contribution >= 4 is 11.8 Å². The highest BCUT2D eigenvalue weighted by Gasteiger charge is 2.41. The van der Waals surface area contributed by atoms with Gasteiger partial charge in [0, 0.05) is 19.5 Å². The van der Waals surface area contributed by atoms with Crippen molar-refractivity contribution in [3.05, 3.63) is 35.9 Å². The van der Waals surface area contributed by atoms with Crippen molar-refractivity contribution < 1.29 is 14.1 Å². The molecule has 1 aromatic rings. The lowest BCUT2D eigenvalue weighted by Crippen LogP contribution is -2.58. The van der Waals surface area contributed by atoms with Crippen molar-refractivity contribution in [1.29, 1.82) is 0 Å². The summed E-state index contributed by atoms with van der Waals surface area (Å²) in [6.07, 6.45) is 18.1. The van der Waals surface area contributed by atoms with Crippen molar-refractivity contribution in [2.45, 2.75) is 115 Å². The van der Waals surface area contributed by atoms with Gasteiger partial charge in [-0.25, -0.2) is 0 Å². The fraction of sp³-hybridized carbons (Fsp3) is 0.742. The van der Waals surface area contributed by atoms with E-state index < -0.39 is 0 Å². The lowest BCUT2D eigenvalue weighted by molar-refractivity contribution is -0.886. The minimum absolute atomic E-state index is 0.0313. The maximum atomic E-state index is 13.6. The van der Waals surface area contributed by atoms with E-state index in [2.05, 4.69) is 45.5 Å². The fourth-order valence-electron chi connectivity index (χ4n) is 5.32. The Kier molecular flexibility index (Phi) is 14.1. The number of benzene rings is 1. The molecular weight excluding hydrogens is 446 g/mol. The third-order valence-electron chi connectivity index (χ3n) is 7.66. The van der Waals surface area contributed by atoms with Crippen LogP contribution in [0.15, 0.2) is 30.3 Å². The van der Waals surface area contributed by atoms with Crippen molar-refractivity contribution in [2.24, 2.45) is 0 Å². The van der Waals surface area contributed by atoms with Gasteiger partial charge in [0.05, 0.1) is 21.1 Å². The molecule has 204 valence electrons. The Labute approximate surface area is 221 Å². The van der Waals surface area contributed by atoms with E-state index >= 15 is 0 Å². The molecule has 0 saturated carbocycles. The summed E-state index contributed by atoms with van der Waals surface area (Å²) in [6, 6.07) is 9.70. The Morgan fingerprint density at radius 3 is 2.00 bits per heavy atom. The maximum Gasteiger partial charge on any atom is 0.281 e. The zero-order valence-electron chi connectivity index (χ0n) is 23.8. The van der Waals surface area contributed by atoms with Crippen molar-refractivity contribution in [3.8, 4) is 0 Å². The van der Waals surface area contributed by atoms with Crippen LogP contribution in [0.2, 0.25) is 0 Å². The average Bonchev–Trinajstić information content (AvgIpc) is 3.35. The molecule has 5 nitrogen and oxygen atoms in total. The van der Waals surface area contributed by atoms with Gasteiger partial charge in [0.25, 0.3) is 5.91 Å². The van der Waals surface area contributed by atoms with Gasteiger partial charge >= 0.3 is 0 Å². The molecule has 1 heterocycles. The molecule has 5 heteroatoms. The summed E-state index contributed by atoms with van der Waals surface area (Å²) in [7, 11) is 6.22. The van der Waals surface area contributed by atoms with Crippen LogP contribution in [0.1, 0.15) is 102 Å². The van der Waals surface area contributed by atoms with Crippen LogP contribution in [0, 0.1) is 0 Å². The molecule has 2 rings (SSSR count). The van der Waals surface area contributed by atoms with E-state index in [0.717, 1.165) is 31.4 Å². The molecule has 0 radical (unpaired) electrons. The van der Waals surface area contributed by atoms with E-state index in [1.165, 1.54) is 70.6 Å². The number of quaternary nitrogens is 1. The molecule has 1 fully saturated rings. The average molecular weight is 501 g/mol. The Morgan fingerprint density at radius 1 is 0.889 bits per heavy atom. The highest BCUT2D eigenvalue weighted by Crippen LogP contribution is 2.23. The number of carbonyl (C=O) groups excluding carboxylic acids is 2. The van der Waals surface area contributed by atoms with Gasteiger partial charge in [0.15, 0.2) is 6.04 Å². The van der Waals surface area contributed by atoms with E-state index in [-0.39, 0.29) is 23.9 Å². The molecule has 0 spiro atoms. The van der Waals surface area contributed by atoms with E-state index in [1.54, 1.807) is 0 Å². The smallest absolute Gasteiger partial charge is 0.281 e. The van der Waals surface area contributed by atoms with Crippen LogP contribution in [-0.4, -0.2) is 67.5 Å². The number of hydrogen-bond donors (Lipinski definition) is 1. The predicted octanol–water partition coefficient (Wildman–Crippen LogP) is 6.11. The van der Waals surface area contributed by atoms with Crippen LogP contribution in [0.25, 0.3) is 0 Å². The molecule has 0 aliphatic carbocycles. The number of nitrogens with zero attached hydrogens (tertiary/aromatic N) is 2. The molecule has 36 heavy (non-hydrogen) atoms. The van der Waals surface area contributed by atoms with Crippen LogP contribution >= 0.6 is 0 Å². The summed E-state index contributed by atoms with van der Waals surface area (Å²) >= 11 is 0. The summed E-state index contributed by atoms with van der Waals surface area (Å²) in [4.78, 5) is 28.5. The van der Waals surface area contributed by atoms with Gasteiger partial charge in [-0.15, -0.1) is 0 Å². The van der Waals surface area contributed by atoms with Gasteiger partial charge < -0.3 is 14.7 Å². The largest absolute Gasteiger partial charge is 0.354 e. The lowest BCUT2D eigenvalue weighted by Gasteiger charge is -2.37. The molecule has 2 atom stereocenters. The maximum absolute atomic E-state index is 13.6. The molecular formula is C31H54N3O2+. The van der Waals surface area contributed by atoms with Gasteiger partial charge in [0.1, 0.15) is 6.04 Å². The number of nitrogens with one attached hydrogen (secondary N) is 1. The van der Waals surface area contributed by atoms with E-state index in [4.69, 9.17) is 0 Å². The number of carbonyl (C=O) groups is 2. The molecule has 1 saturated heterocycles. The predicted molar refractivity (Wildman–Crippen MR) is 151 cm³/mol. The van der Waals surface area contributed by atoms with E-state index in [0.29, 0.717) is 17.4 Å². The first-order chi connectivity index (χ1) is 17.3. The van der Waals surface area contributed by atoms with Crippen LogP contribution in [0.3, 0.4) is 0 Å². The number of likely N-dealkylation sites (N-methyl/N-ethyl adjacent to an activating group) is 1. The minimum atomic E-state index is -0.320. The van der Waals surface area contributed by atoms with Crippen molar-refractivity contribution in [3.63, 3.8) is 0 Å². The first-order valence-electron chi connectivity index (χ1n) is 14.8. The SMILES string of the molecule is CCCCCCCCCCCCCCNC(=O)[C@@H]1CCCN1C(=O)[C@H](Cc1ccccc1)[N+](C)(C)C. The molecule has 1 N–H and O–H groups in total. The molecule has 0 aromatic heterocycles. The van der Waals surface area contributed by atoms with Crippen molar-refractivity contribution in [1.82, 2.24) is 10.2 Å². The van der Waals surface area contributed by atoms with E-state index in [9.17, 15) is 9.59 Å². The second-order valence-electron chi connectivity index (χ2n) is 11.7. The zero-order valence-corrected chi connectivity index (χ0v) is 23.8. The third kappa shape index (κ3) is 11.0. The number of rotatable bonds is 18. The van der Waals surface area contributed by atoms with Gasteiger partial charge in [-0.05, 0) is 24.8 Å². The zero-order chi connectivity index (χ0) is 26.2. The highest BCUT2D eigenvalue weighted by molar-refractivity contribution is 5.90. The summed E-state index contributed by atoms with van der Waals surface area (Å²) in [5.74, 6) is 0.137. The van der Waals surface area contributed by atoms with Crippen LogP contribution < -0.4 is 5.32 Å². The summed E-state index contributed by atoms with van der Waals surface area (Å²) < 4.78 is 0.553. The Bertz CT molecular complexity index is 744. The quantitative estimate of drug-likeness (QED) is 0.195. The molecule has 2 amide bonds. The van der Waals surface area contributed by atoms with Gasteiger partial charge in [0.2, 0.25) is 5.91 Å². The molecule has 0 unspecified atom stereocenters. The second kappa shape index (κ2) is 16.8. The van der Waals surface area contributed by atoms with Crippen LogP contribution in [-0.2, 0) is 16.0 Å². The fourth-order valence-corrected chi connectivity index (χ4v) is 5.32. The second-order valence-corrected chi connectivity index (χ2v) is 11.7. The number of hydrogen-bond acceptors (Lipinski definition) is 2. The summed E-state index contributed by atoms with van der Waals surface area (Å²) in [5.41, 5.74) is 1.16. The number of amides is 2. The first kappa shape index (κ1) is 30.3. The normalized spacial score (nSPS) is 16.8.